The lowest BCUT2D eigenvalue weighted by Crippen LogP contribution is -2.23. The third-order valence-corrected chi connectivity index (χ3v) is 4.24. The van der Waals surface area contributed by atoms with Gasteiger partial charge in [0.2, 0.25) is 0 Å². The van der Waals surface area contributed by atoms with Crippen molar-refractivity contribution in [2.45, 2.75) is 24.8 Å². The van der Waals surface area contributed by atoms with Gasteiger partial charge in [-0.15, -0.1) is 0 Å². The average Bonchev–Trinajstić information content (AvgIpc) is 2.22. The molecule has 16 heavy (non-hydrogen) atoms. The zero-order chi connectivity index (χ0) is 12.6. The van der Waals surface area contributed by atoms with Gasteiger partial charge in [0.1, 0.15) is 5.91 Å². The van der Waals surface area contributed by atoms with Gasteiger partial charge in [-0.1, -0.05) is 6.04 Å². The third kappa shape index (κ3) is 6.54. The highest BCUT2D eigenvalue weighted by Crippen LogP contribution is 2.12. The van der Waals surface area contributed by atoms with E-state index in [4.69, 9.17) is 19.7 Å². The zero-order valence-electron chi connectivity index (χ0n) is 9.51. The molecule has 6 nitrogen and oxygen atoms in total. The predicted molar refractivity (Wildman–Crippen MR) is 59.2 cm³/mol. The van der Waals surface area contributed by atoms with Crippen LogP contribution in [0.4, 0.5) is 0 Å². The molecule has 0 bridgehead atoms. The Kier molecular flexibility index (Phi) is 7.78. The Labute approximate surface area is 96.4 Å². The number of hydrogen-bond acceptors (Lipinski definition) is 4. The number of rotatable bonds is 9. The van der Waals surface area contributed by atoms with Crippen LogP contribution in [0.2, 0.25) is 6.04 Å². The monoisotopic (exact) mass is 250 g/mol. The summed E-state index contributed by atoms with van der Waals surface area (Å²) < 4.78 is 10.00. The molecule has 0 aromatic heterocycles. The van der Waals surface area contributed by atoms with Crippen LogP contribution in [0.25, 0.3) is 0 Å². The maximum absolute atomic E-state index is 10.7. The van der Waals surface area contributed by atoms with Gasteiger partial charge in [-0.05, 0) is 6.42 Å². The summed E-state index contributed by atoms with van der Waals surface area (Å²) in [6.45, 7) is 0. The Bertz CT molecular complexity index is 228. The summed E-state index contributed by atoms with van der Waals surface area (Å²) in [5.74, 6) is -3.16. The summed E-state index contributed by atoms with van der Waals surface area (Å²) in [6.07, 6.45) is 0.0471. The molecule has 0 aromatic rings. The van der Waals surface area contributed by atoms with E-state index in [1.54, 1.807) is 0 Å². The molecule has 0 fully saturated rings. The number of ether oxygens (including phenoxy) is 2. The minimum absolute atomic E-state index is 0.223. The molecule has 1 unspecified atom stereocenters. The molecule has 0 aliphatic rings. The topological polar surface area (TPSA) is 93.1 Å². The van der Waals surface area contributed by atoms with Gasteiger partial charge >= 0.3 is 11.9 Å². The normalized spacial score (nSPS) is 13.4. The molecule has 0 radical (unpaired) electrons. The number of carbonyl (C=O) groups is 2. The van der Waals surface area contributed by atoms with Crippen molar-refractivity contribution in [2.75, 3.05) is 14.2 Å². The standard InChI is InChI=1S/C9H18O6Si/c1-14-9(15-2)16-4-3-6(8(12)13)5-7(10)11/h6,9H,3-5,16H2,1-2H3,(H,10,11)(H,12,13). The molecule has 0 heterocycles. The molecule has 2 N–H and O–H groups in total. The molecular formula is C9H18O6Si. The van der Waals surface area contributed by atoms with Crippen LogP contribution in [0, 0.1) is 5.92 Å². The number of aliphatic carboxylic acids is 2. The van der Waals surface area contributed by atoms with Gasteiger partial charge in [0.25, 0.3) is 0 Å². The summed E-state index contributed by atoms with van der Waals surface area (Å²) >= 11 is 0. The van der Waals surface area contributed by atoms with Crippen LogP contribution in [0.5, 0.6) is 0 Å². The third-order valence-electron chi connectivity index (χ3n) is 2.29. The highest BCUT2D eigenvalue weighted by Gasteiger charge is 2.21. The number of hydrogen-bond donors (Lipinski definition) is 2. The van der Waals surface area contributed by atoms with Crippen LogP contribution < -0.4 is 0 Å². The van der Waals surface area contributed by atoms with E-state index < -0.39 is 27.4 Å². The van der Waals surface area contributed by atoms with Gasteiger partial charge in [0, 0.05) is 14.2 Å². The Balaban J connectivity index is 3.93. The fourth-order valence-electron chi connectivity index (χ4n) is 1.39. The van der Waals surface area contributed by atoms with Gasteiger partial charge in [-0.25, -0.2) is 0 Å². The van der Waals surface area contributed by atoms with E-state index in [-0.39, 0.29) is 12.3 Å². The van der Waals surface area contributed by atoms with Crippen LogP contribution >= 0.6 is 0 Å². The molecule has 0 amide bonds. The van der Waals surface area contributed by atoms with Crippen molar-refractivity contribution in [1.29, 1.82) is 0 Å². The Morgan fingerprint density at radius 3 is 2.19 bits per heavy atom. The minimum Gasteiger partial charge on any atom is -0.481 e. The number of methoxy groups -OCH3 is 2. The molecule has 94 valence electrons. The van der Waals surface area contributed by atoms with E-state index in [1.807, 2.05) is 0 Å². The van der Waals surface area contributed by atoms with Crippen LogP contribution in [0.3, 0.4) is 0 Å². The van der Waals surface area contributed by atoms with E-state index in [2.05, 4.69) is 0 Å². The summed E-state index contributed by atoms with van der Waals surface area (Å²) in [6, 6.07) is 0.691. The average molecular weight is 250 g/mol. The largest absolute Gasteiger partial charge is 0.481 e. The minimum atomic E-state index is -1.08. The van der Waals surface area contributed by atoms with E-state index >= 15 is 0 Å². The molecule has 0 aromatic carbocycles. The van der Waals surface area contributed by atoms with Crippen molar-refractivity contribution in [3.05, 3.63) is 0 Å². The molecule has 0 aliphatic carbocycles. The molecule has 0 saturated heterocycles. The smallest absolute Gasteiger partial charge is 0.307 e. The van der Waals surface area contributed by atoms with Gasteiger partial charge < -0.3 is 19.7 Å². The van der Waals surface area contributed by atoms with Crippen molar-refractivity contribution in [3.8, 4) is 0 Å². The molecule has 0 saturated carbocycles. The first-order valence-corrected chi connectivity index (χ1v) is 6.83. The number of carboxylic acids is 2. The van der Waals surface area contributed by atoms with Crippen molar-refractivity contribution in [1.82, 2.24) is 0 Å². The first kappa shape index (κ1) is 15.1. The van der Waals surface area contributed by atoms with Gasteiger partial charge in [0.15, 0.2) is 0 Å². The summed E-state index contributed by atoms with van der Waals surface area (Å²) in [7, 11) is 2.39. The summed E-state index contributed by atoms with van der Waals surface area (Å²) in [4.78, 5) is 21.2. The lowest BCUT2D eigenvalue weighted by Gasteiger charge is -2.14. The van der Waals surface area contributed by atoms with E-state index in [0.29, 0.717) is 12.5 Å². The number of carboxylic acid groups (broad SMARTS) is 2. The molecule has 0 spiro atoms. The lowest BCUT2D eigenvalue weighted by atomic mass is 10.0. The first-order valence-electron chi connectivity index (χ1n) is 5.01. The maximum atomic E-state index is 10.7. The molecule has 7 heteroatoms. The van der Waals surface area contributed by atoms with Crippen molar-refractivity contribution < 1.29 is 29.3 Å². The Hall–Kier alpha value is -0.923. The molecule has 0 aliphatic heterocycles. The van der Waals surface area contributed by atoms with Crippen LogP contribution in [0.15, 0.2) is 0 Å². The van der Waals surface area contributed by atoms with E-state index in [0.717, 1.165) is 0 Å². The van der Waals surface area contributed by atoms with Crippen LogP contribution in [-0.4, -0.2) is 51.8 Å². The van der Waals surface area contributed by atoms with Gasteiger partial charge in [-0.2, -0.15) is 0 Å². The molecule has 0 rings (SSSR count). The second-order valence-electron chi connectivity index (χ2n) is 3.46. The Morgan fingerprint density at radius 2 is 1.81 bits per heavy atom. The van der Waals surface area contributed by atoms with Gasteiger partial charge in [0.05, 0.1) is 21.9 Å². The van der Waals surface area contributed by atoms with Crippen LogP contribution in [0.1, 0.15) is 12.8 Å². The SMILES string of the molecule is COC(OC)[SiH2]CCC(CC(=O)O)C(=O)O. The van der Waals surface area contributed by atoms with Crippen molar-refractivity contribution in [3.63, 3.8) is 0 Å². The highest BCUT2D eigenvalue weighted by molar-refractivity contribution is 6.36. The first-order chi connectivity index (χ1) is 7.51. The fourth-order valence-corrected chi connectivity index (χ4v) is 2.92. The molecule has 1 atom stereocenters. The summed E-state index contributed by atoms with van der Waals surface area (Å²) in [5.41, 5.74) is 0. The van der Waals surface area contributed by atoms with Gasteiger partial charge in [-0.3, -0.25) is 9.59 Å². The van der Waals surface area contributed by atoms with E-state index in [9.17, 15) is 9.59 Å². The molecular weight excluding hydrogens is 232 g/mol. The zero-order valence-corrected chi connectivity index (χ0v) is 10.9. The van der Waals surface area contributed by atoms with Crippen molar-refractivity contribution >= 4 is 21.5 Å². The van der Waals surface area contributed by atoms with Crippen LogP contribution in [-0.2, 0) is 19.1 Å². The predicted octanol–water partition coefficient (Wildman–Crippen LogP) is -0.285. The second kappa shape index (κ2) is 8.25. The fraction of sp³-hybridized carbons (Fsp3) is 0.778. The summed E-state index contributed by atoms with van der Waals surface area (Å²) in [5, 5.41) is 17.3. The quantitative estimate of drug-likeness (QED) is 0.432. The van der Waals surface area contributed by atoms with E-state index in [1.165, 1.54) is 14.2 Å². The lowest BCUT2D eigenvalue weighted by molar-refractivity contribution is -0.148. The highest BCUT2D eigenvalue weighted by atomic mass is 28.2. The van der Waals surface area contributed by atoms with Crippen molar-refractivity contribution in [2.24, 2.45) is 5.92 Å². The maximum Gasteiger partial charge on any atom is 0.307 e. The Morgan fingerprint density at radius 1 is 1.25 bits per heavy atom. The second-order valence-corrected chi connectivity index (χ2v) is 5.42.